The minimum Gasteiger partial charge on any atom is -0.495 e. The molecule has 0 saturated heterocycles. The van der Waals surface area contributed by atoms with Crippen LogP contribution in [0.3, 0.4) is 0 Å². The standard InChI is InChI=1S/C22H30N2O6S/c1-7-24(31(26,27)21-12-15(2)8-10-19(21)29-5)14-22(25)23-16(3)17-9-11-18(28-4)20(13-17)30-6/h8-13,16H,7,14H2,1-6H3,(H,23,25)/t16-/m0/s1. The predicted octanol–water partition coefficient (Wildman–Crippen LogP) is 2.91. The number of benzene rings is 2. The predicted molar refractivity (Wildman–Crippen MR) is 118 cm³/mol. The normalized spacial score (nSPS) is 12.4. The number of carbonyl (C=O) groups is 1. The van der Waals surface area contributed by atoms with E-state index in [1.165, 1.54) is 14.2 Å². The van der Waals surface area contributed by atoms with Gasteiger partial charge in [0.1, 0.15) is 10.6 Å². The second-order valence-electron chi connectivity index (χ2n) is 6.99. The molecule has 2 aromatic carbocycles. The van der Waals surface area contributed by atoms with Gasteiger partial charge in [0, 0.05) is 6.54 Å². The van der Waals surface area contributed by atoms with E-state index in [2.05, 4.69) is 5.32 Å². The summed E-state index contributed by atoms with van der Waals surface area (Å²) in [4.78, 5) is 12.7. The number of nitrogens with zero attached hydrogens (tertiary/aromatic N) is 1. The highest BCUT2D eigenvalue weighted by molar-refractivity contribution is 7.89. The van der Waals surface area contributed by atoms with Gasteiger partial charge in [-0.05, 0) is 49.2 Å². The average Bonchev–Trinajstić information content (AvgIpc) is 2.76. The second kappa shape index (κ2) is 10.5. The van der Waals surface area contributed by atoms with Crippen LogP contribution in [0, 0.1) is 6.92 Å². The van der Waals surface area contributed by atoms with Crippen LogP contribution in [0.4, 0.5) is 0 Å². The Morgan fingerprint density at radius 2 is 1.61 bits per heavy atom. The van der Waals surface area contributed by atoms with Gasteiger partial charge >= 0.3 is 0 Å². The minimum atomic E-state index is -3.92. The number of sulfonamides is 1. The Morgan fingerprint density at radius 3 is 2.19 bits per heavy atom. The van der Waals surface area contributed by atoms with Crippen LogP contribution in [-0.2, 0) is 14.8 Å². The van der Waals surface area contributed by atoms with E-state index in [0.717, 1.165) is 15.4 Å². The van der Waals surface area contributed by atoms with Gasteiger partial charge in [-0.2, -0.15) is 4.31 Å². The highest BCUT2D eigenvalue weighted by atomic mass is 32.2. The molecule has 0 heterocycles. The van der Waals surface area contributed by atoms with E-state index in [1.807, 2.05) is 13.0 Å². The van der Waals surface area contributed by atoms with E-state index in [1.54, 1.807) is 51.3 Å². The lowest BCUT2D eigenvalue weighted by Crippen LogP contribution is -2.41. The number of amides is 1. The fourth-order valence-electron chi connectivity index (χ4n) is 3.14. The van der Waals surface area contributed by atoms with Crippen molar-refractivity contribution in [3.63, 3.8) is 0 Å². The number of ether oxygens (including phenoxy) is 3. The molecule has 0 aliphatic heterocycles. The van der Waals surface area contributed by atoms with Gasteiger partial charge in [-0.15, -0.1) is 0 Å². The van der Waals surface area contributed by atoms with E-state index >= 15 is 0 Å². The quantitative estimate of drug-likeness (QED) is 0.598. The van der Waals surface area contributed by atoms with Crippen LogP contribution in [0.25, 0.3) is 0 Å². The van der Waals surface area contributed by atoms with E-state index in [9.17, 15) is 13.2 Å². The summed E-state index contributed by atoms with van der Waals surface area (Å²) in [5, 5.41) is 2.84. The first-order chi connectivity index (χ1) is 14.7. The molecule has 0 aliphatic carbocycles. The molecular formula is C22H30N2O6S. The Bertz CT molecular complexity index is 1020. The maximum atomic E-state index is 13.2. The number of methoxy groups -OCH3 is 3. The highest BCUT2D eigenvalue weighted by Gasteiger charge is 2.29. The average molecular weight is 451 g/mol. The highest BCUT2D eigenvalue weighted by Crippen LogP contribution is 2.30. The first-order valence-corrected chi connectivity index (χ1v) is 11.3. The smallest absolute Gasteiger partial charge is 0.247 e. The van der Waals surface area contributed by atoms with Crippen LogP contribution in [-0.4, -0.2) is 53.0 Å². The van der Waals surface area contributed by atoms with Crippen molar-refractivity contribution in [3.05, 3.63) is 47.5 Å². The Kier molecular flexibility index (Phi) is 8.29. The van der Waals surface area contributed by atoms with Gasteiger partial charge in [-0.25, -0.2) is 8.42 Å². The summed E-state index contributed by atoms with van der Waals surface area (Å²) in [5.74, 6) is 0.952. The van der Waals surface area contributed by atoms with Crippen LogP contribution in [0.1, 0.15) is 31.0 Å². The number of rotatable bonds is 10. The molecule has 0 aliphatic rings. The van der Waals surface area contributed by atoms with Gasteiger partial charge in [0.25, 0.3) is 0 Å². The second-order valence-corrected chi connectivity index (χ2v) is 8.90. The first-order valence-electron chi connectivity index (χ1n) is 9.84. The fourth-order valence-corrected chi connectivity index (χ4v) is 4.79. The number of hydrogen-bond acceptors (Lipinski definition) is 6. The molecule has 2 aromatic rings. The number of nitrogens with one attached hydrogen (secondary N) is 1. The summed E-state index contributed by atoms with van der Waals surface area (Å²) in [6, 6.07) is 9.90. The van der Waals surface area contributed by atoms with Crippen LogP contribution in [0.15, 0.2) is 41.3 Å². The Morgan fingerprint density at radius 1 is 1.00 bits per heavy atom. The van der Waals surface area contributed by atoms with Crippen molar-refractivity contribution in [2.75, 3.05) is 34.4 Å². The van der Waals surface area contributed by atoms with E-state index in [0.29, 0.717) is 11.5 Å². The first kappa shape index (κ1) is 24.5. The lowest BCUT2D eigenvalue weighted by atomic mass is 10.1. The molecule has 0 fully saturated rings. The third-order valence-corrected chi connectivity index (χ3v) is 6.84. The molecule has 1 amide bonds. The summed E-state index contributed by atoms with van der Waals surface area (Å²) in [6.07, 6.45) is 0. The molecule has 1 N–H and O–H groups in total. The Balaban J connectivity index is 2.19. The fraction of sp³-hybridized carbons (Fsp3) is 0.409. The van der Waals surface area contributed by atoms with Crippen molar-refractivity contribution >= 4 is 15.9 Å². The molecule has 31 heavy (non-hydrogen) atoms. The SMILES string of the molecule is CCN(CC(=O)N[C@@H](C)c1ccc(OC)c(OC)c1)S(=O)(=O)c1cc(C)ccc1OC. The molecule has 0 bridgehead atoms. The van der Waals surface area contributed by atoms with Crippen molar-refractivity contribution in [2.24, 2.45) is 0 Å². The lowest BCUT2D eigenvalue weighted by Gasteiger charge is -2.23. The van der Waals surface area contributed by atoms with Gasteiger partial charge < -0.3 is 19.5 Å². The molecule has 0 aromatic heterocycles. The van der Waals surface area contributed by atoms with Crippen LogP contribution in [0.2, 0.25) is 0 Å². The maximum absolute atomic E-state index is 13.2. The van der Waals surface area contributed by atoms with Crippen molar-refractivity contribution < 1.29 is 27.4 Å². The number of carbonyl (C=O) groups excluding carboxylic acids is 1. The number of aryl methyl sites for hydroxylation is 1. The zero-order valence-corrected chi connectivity index (χ0v) is 19.6. The van der Waals surface area contributed by atoms with Crippen LogP contribution < -0.4 is 19.5 Å². The Hall–Kier alpha value is -2.78. The zero-order chi connectivity index (χ0) is 23.2. The van der Waals surface area contributed by atoms with E-state index < -0.39 is 15.9 Å². The molecule has 0 saturated carbocycles. The summed E-state index contributed by atoms with van der Waals surface area (Å²) < 4.78 is 43.2. The number of likely N-dealkylation sites (N-methyl/N-ethyl adjacent to an activating group) is 1. The third-order valence-electron chi connectivity index (χ3n) is 4.89. The van der Waals surface area contributed by atoms with Crippen LogP contribution in [0.5, 0.6) is 17.2 Å². The molecule has 0 unspecified atom stereocenters. The summed E-state index contributed by atoms with van der Waals surface area (Å²) in [5.41, 5.74) is 1.58. The van der Waals surface area contributed by atoms with Gasteiger partial charge in [-0.1, -0.05) is 19.1 Å². The lowest BCUT2D eigenvalue weighted by molar-refractivity contribution is -0.121. The van der Waals surface area contributed by atoms with Gasteiger partial charge in [-0.3, -0.25) is 4.79 Å². The monoisotopic (exact) mass is 450 g/mol. The summed E-state index contributed by atoms with van der Waals surface area (Å²) in [6.45, 7) is 5.12. The van der Waals surface area contributed by atoms with Gasteiger partial charge in [0.15, 0.2) is 11.5 Å². The summed E-state index contributed by atoms with van der Waals surface area (Å²) >= 11 is 0. The van der Waals surface area contributed by atoms with E-state index in [-0.39, 0.29) is 29.8 Å². The molecule has 8 nitrogen and oxygen atoms in total. The van der Waals surface area contributed by atoms with Crippen molar-refractivity contribution in [1.29, 1.82) is 0 Å². The molecule has 9 heteroatoms. The maximum Gasteiger partial charge on any atom is 0.247 e. The zero-order valence-electron chi connectivity index (χ0n) is 18.8. The van der Waals surface area contributed by atoms with Gasteiger partial charge in [0.2, 0.25) is 15.9 Å². The minimum absolute atomic E-state index is 0.0394. The van der Waals surface area contributed by atoms with Gasteiger partial charge in [0.05, 0.1) is 33.9 Å². The van der Waals surface area contributed by atoms with Crippen molar-refractivity contribution in [3.8, 4) is 17.2 Å². The molecular weight excluding hydrogens is 420 g/mol. The van der Waals surface area contributed by atoms with Crippen molar-refractivity contribution in [1.82, 2.24) is 9.62 Å². The molecule has 0 radical (unpaired) electrons. The molecule has 0 spiro atoms. The third kappa shape index (κ3) is 5.68. The number of hydrogen-bond donors (Lipinski definition) is 1. The molecule has 2 rings (SSSR count). The van der Waals surface area contributed by atoms with Crippen molar-refractivity contribution in [2.45, 2.75) is 31.7 Å². The Labute approximate surface area is 184 Å². The summed E-state index contributed by atoms with van der Waals surface area (Å²) in [7, 11) is 0.577. The molecule has 170 valence electrons. The largest absolute Gasteiger partial charge is 0.495 e. The molecule has 1 atom stereocenters. The topological polar surface area (TPSA) is 94.2 Å². The van der Waals surface area contributed by atoms with E-state index in [4.69, 9.17) is 14.2 Å². The van der Waals surface area contributed by atoms with Crippen LogP contribution >= 0.6 is 0 Å².